The lowest BCUT2D eigenvalue weighted by atomic mass is 10.2. The maximum atomic E-state index is 12.1. The molecule has 5 nitrogen and oxygen atoms in total. The van der Waals surface area contributed by atoms with Gasteiger partial charge in [0.25, 0.3) is 0 Å². The first-order valence-electron chi connectivity index (χ1n) is 6.93. The van der Waals surface area contributed by atoms with Gasteiger partial charge in [0.2, 0.25) is 5.91 Å². The van der Waals surface area contributed by atoms with E-state index in [1.54, 1.807) is 11.9 Å². The normalized spacial score (nSPS) is 21.8. The summed E-state index contributed by atoms with van der Waals surface area (Å²) in [5, 5.41) is 12.4. The zero-order valence-corrected chi connectivity index (χ0v) is 12.0. The molecule has 0 unspecified atom stereocenters. The number of aryl methyl sites for hydroxylation is 1. The third kappa shape index (κ3) is 3.71. The zero-order chi connectivity index (χ0) is 14.5. The third-order valence-electron chi connectivity index (χ3n) is 3.56. The number of hydrogen-bond acceptors (Lipinski definition) is 4. The molecule has 0 saturated carbocycles. The Bertz CT molecular complexity index is 464. The number of β-amino-alcohol motifs (C(OH)–C–C–N with tert-alkyl or cyclic N) is 1. The second kappa shape index (κ2) is 6.72. The smallest absolute Gasteiger partial charge is 0.239 e. The molecule has 0 radical (unpaired) electrons. The number of rotatable bonds is 5. The average Bonchev–Trinajstić information content (AvgIpc) is 2.86. The van der Waals surface area contributed by atoms with Crippen LogP contribution in [-0.4, -0.2) is 54.8 Å². The molecule has 1 aromatic rings. The highest BCUT2D eigenvalue weighted by Crippen LogP contribution is 2.16. The lowest BCUT2D eigenvalue weighted by Crippen LogP contribution is -2.43. The minimum Gasteiger partial charge on any atom is -0.491 e. The summed E-state index contributed by atoms with van der Waals surface area (Å²) in [5.41, 5.74) is 1.09. The third-order valence-corrected chi connectivity index (χ3v) is 3.56. The number of para-hydroxylation sites is 1. The summed E-state index contributed by atoms with van der Waals surface area (Å²) < 4.78 is 5.68. The molecule has 1 saturated heterocycles. The number of carbonyl (C=O) groups is 1. The summed E-state index contributed by atoms with van der Waals surface area (Å²) in [7, 11) is 1.76. The predicted molar refractivity (Wildman–Crippen MR) is 76.7 cm³/mol. The largest absolute Gasteiger partial charge is 0.491 e. The Labute approximate surface area is 119 Å². The Morgan fingerprint density at radius 1 is 1.50 bits per heavy atom. The van der Waals surface area contributed by atoms with E-state index < -0.39 is 6.10 Å². The van der Waals surface area contributed by atoms with Crippen molar-refractivity contribution in [3.63, 3.8) is 0 Å². The van der Waals surface area contributed by atoms with Crippen molar-refractivity contribution >= 4 is 5.91 Å². The maximum Gasteiger partial charge on any atom is 0.239 e. The number of carbonyl (C=O) groups excluding carboxylic acids is 1. The van der Waals surface area contributed by atoms with Gasteiger partial charge in [-0.25, -0.2) is 0 Å². The van der Waals surface area contributed by atoms with E-state index in [2.05, 4.69) is 5.32 Å². The van der Waals surface area contributed by atoms with Gasteiger partial charge in [-0.3, -0.25) is 4.79 Å². The van der Waals surface area contributed by atoms with Crippen LogP contribution in [0.3, 0.4) is 0 Å². The Morgan fingerprint density at radius 2 is 2.25 bits per heavy atom. The number of aliphatic hydroxyl groups excluding tert-OH is 1. The van der Waals surface area contributed by atoms with Gasteiger partial charge in [0, 0.05) is 13.6 Å². The number of amides is 1. The van der Waals surface area contributed by atoms with Crippen LogP contribution < -0.4 is 10.1 Å². The van der Waals surface area contributed by atoms with Crippen molar-refractivity contribution < 1.29 is 14.6 Å². The van der Waals surface area contributed by atoms with E-state index in [0.717, 1.165) is 11.3 Å². The van der Waals surface area contributed by atoms with Crippen LogP contribution in [0.1, 0.15) is 12.0 Å². The Balaban J connectivity index is 1.76. The van der Waals surface area contributed by atoms with Crippen LogP contribution in [0.4, 0.5) is 0 Å². The minimum atomic E-state index is -0.416. The highest BCUT2D eigenvalue weighted by Gasteiger charge is 2.29. The molecule has 0 aromatic heterocycles. The first-order chi connectivity index (χ1) is 9.58. The van der Waals surface area contributed by atoms with Crippen molar-refractivity contribution in [2.45, 2.75) is 25.5 Å². The molecule has 1 amide bonds. The molecule has 2 N–H and O–H groups in total. The molecule has 0 spiro atoms. The van der Waals surface area contributed by atoms with E-state index in [1.807, 2.05) is 31.2 Å². The van der Waals surface area contributed by atoms with Crippen LogP contribution in [0.2, 0.25) is 0 Å². The molecule has 1 aromatic carbocycles. The summed E-state index contributed by atoms with van der Waals surface area (Å²) in [4.78, 5) is 13.7. The fourth-order valence-corrected chi connectivity index (χ4v) is 2.29. The molecule has 0 aliphatic carbocycles. The second-order valence-electron chi connectivity index (χ2n) is 5.22. The average molecular weight is 278 g/mol. The number of aliphatic hydroxyl groups is 1. The predicted octanol–water partition coefficient (Wildman–Crippen LogP) is 0.555. The quantitative estimate of drug-likeness (QED) is 0.826. The highest BCUT2D eigenvalue weighted by molar-refractivity contribution is 5.82. The minimum absolute atomic E-state index is 0.00920. The molecule has 1 fully saturated rings. The van der Waals surface area contributed by atoms with E-state index in [9.17, 15) is 9.90 Å². The lowest BCUT2D eigenvalue weighted by Gasteiger charge is -2.21. The fraction of sp³-hybridized carbons (Fsp3) is 0.533. The van der Waals surface area contributed by atoms with Crippen LogP contribution in [0.5, 0.6) is 5.75 Å². The Kier molecular flexibility index (Phi) is 4.98. The van der Waals surface area contributed by atoms with Crippen molar-refractivity contribution in [3.8, 4) is 5.75 Å². The number of likely N-dealkylation sites (N-methyl/N-ethyl adjacent to an activating group) is 1. The van der Waals surface area contributed by atoms with E-state index in [0.29, 0.717) is 26.1 Å². The van der Waals surface area contributed by atoms with Gasteiger partial charge >= 0.3 is 0 Å². The molecule has 1 aliphatic rings. The lowest BCUT2D eigenvalue weighted by molar-refractivity contribution is -0.132. The Morgan fingerprint density at radius 3 is 2.90 bits per heavy atom. The van der Waals surface area contributed by atoms with Gasteiger partial charge < -0.3 is 20.1 Å². The van der Waals surface area contributed by atoms with Crippen molar-refractivity contribution in [1.82, 2.24) is 10.2 Å². The summed E-state index contributed by atoms with van der Waals surface area (Å²) in [6.07, 6.45) is 0.0718. The van der Waals surface area contributed by atoms with Crippen LogP contribution in [0.15, 0.2) is 24.3 Å². The monoisotopic (exact) mass is 278 g/mol. The molecular formula is C15H22N2O3. The molecule has 20 heavy (non-hydrogen) atoms. The Hall–Kier alpha value is -1.59. The number of nitrogens with one attached hydrogen (secondary N) is 1. The molecular weight excluding hydrogens is 256 g/mol. The number of benzene rings is 1. The van der Waals surface area contributed by atoms with Crippen LogP contribution >= 0.6 is 0 Å². The van der Waals surface area contributed by atoms with Crippen molar-refractivity contribution in [1.29, 1.82) is 0 Å². The van der Waals surface area contributed by atoms with Crippen LogP contribution in [0.25, 0.3) is 0 Å². The van der Waals surface area contributed by atoms with E-state index >= 15 is 0 Å². The second-order valence-corrected chi connectivity index (χ2v) is 5.22. The molecule has 110 valence electrons. The zero-order valence-electron chi connectivity index (χ0n) is 12.0. The van der Waals surface area contributed by atoms with Crippen molar-refractivity contribution in [2.75, 3.05) is 26.7 Å². The fourth-order valence-electron chi connectivity index (χ4n) is 2.29. The summed E-state index contributed by atoms with van der Waals surface area (Å²) in [6.45, 7) is 3.47. The molecule has 1 aliphatic heterocycles. The van der Waals surface area contributed by atoms with Crippen LogP contribution in [-0.2, 0) is 4.79 Å². The van der Waals surface area contributed by atoms with Crippen molar-refractivity contribution in [3.05, 3.63) is 29.8 Å². The molecule has 2 rings (SSSR count). The standard InChI is InChI=1S/C15H22N2O3/c1-11-5-3-4-6-14(11)20-8-7-17(2)15(19)13-9-12(18)10-16-13/h3-6,12-13,16,18H,7-10H2,1-2H3/t12-,13+/m1/s1. The topological polar surface area (TPSA) is 61.8 Å². The summed E-state index contributed by atoms with van der Waals surface area (Å²) in [5.74, 6) is 0.859. The SMILES string of the molecule is Cc1ccccc1OCCN(C)C(=O)[C@@H]1C[C@@H](O)CN1. The molecule has 5 heteroatoms. The van der Waals surface area contributed by atoms with Crippen LogP contribution in [0, 0.1) is 6.92 Å². The van der Waals surface area contributed by atoms with Crippen molar-refractivity contribution in [2.24, 2.45) is 0 Å². The van der Waals surface area contributed by atoms with Gasteiger partial charge in [-0.2, -0.15) is 0 Å². The highest BCUT2D eigenvalue weighted by atomic mass is 16.5. The number of hydrogen-bond donors (Lipinski definition) is 2. The molecule has 2 atom stereocenters. The first-order valence-corrected chi connectivity index (χ1v) is 6.93. The first kappa shape index (κ1) is 14.8. The molecule has 1 heterocycles. The number of ether oxygens (including phenoxy) is 1. The van der Waals surface area contributed by atoms with Gasteiger partial charge in [0.1, 0.15) is 12.4 Å². The van der Waals surface area contributed by atoms with E-state index in [1.165, 1.54) is 0 Å². The van der Waals surface area contributed by atoms with Gasteiger partial charge in [0.05, 0.1) is 18.7 Å². The van der Waals surface area contributed by atoms with E-state index in [-0.39, 0.29) is 11.9 Å². The van der Waals surface area contributed by atoms with E-state index in [4.69, 9.17) is 4.74 Å². The maximum absolute atomic E-state index is 12.1. The van der Waals surface area contributed by atoms with Gasteiger partial charge in [-0.05, 0) is 25.0 Å². The summed E-state index contributed by atoms with van der Waals surface area (Å²) >= 11 is 0. The van der Waals surface area contributed by atoms with Gasteiger partial charge in [-0.1, -0.05) is 18.2 Å². The number of nitrogens with zero attached hydrogens (tertiary/aromatic N) is 1. The molecule has 0 bridgehead atoms. The van der Waals surface area contributed by atoms with Gasteiger partial charge in [0.15, 0.2) is 0 Å². The van der Waals surface area contributed by atoms with Gasteiger partial charge in [-0.15, -0.1) is 0 Å². The summed E-state index contributed by atoms with van der Waals surface area (Å²) in [6, 6.07) is 7.55.